The fraction of sp³-hybridized carbons (Fsp3) is 0.167. The van der Waals surface area contributed by atoms with Crippen LogP contribution in [0, 0.1) is 6.92 Å². The maximum absolute atomic E-state index is 12.5. The number of para-hydroxylation sites is 1. The first kappa shape index (κ1) is 20.7. The summed E-state index contributed by atoms with van der Waals surface area (Å²) in [5, 5.41) is 5.64. The number of aryl methyl sites for hydroxylation is 1. The smallest absolute Gasteiger partial charge is 0.237 e. The summed E-state index contributed by atoms with van der Waals surface area (Å²) in [6.45, 7) is 3.85. The zero-order valence-corrected chi connectivity index (χ0v) is 17.3. The van der Waals surface area contributed by atoms with Crippen molar-refractivity contribution in [2.75, 3.05) is 10.6 Å². The highest BCUT2D eigenvalue weighted by molar-refractivity contribution is 8.00. The van der Waals surface area contributed by atoms with E-state index in [9.17, 15) is 9.59 Å². The van der Waals surface area contributed by atoms with Crippen LogP contribution in [0.15, 0.2) is 83.8 Å². The Bertz CT molecular complexity index is 972. The molecule has 148 valence electrons. The summed E-state index contributed by atoms with van der Waals surface area (Å²) >= 11 is 1.48. The van der Waals surface area contributed by atoms with Gasteiger partial charge in [-0.05, 0) is 55.3 Å². The maximum Gasteiger partial charge on any atom is 0.237 e. The molecule has 4 nitrogen and oxygen atoms in total. The Balaban J connectivity index is 1.52. The number of hydrogen-bond donors (Lipinski definition) is 2. The molecule has 0 aliphatic rings. The van der Waals surface area contributed by atoms with Crippen LogP contribution >= 0.6 is 11.8 Å². The van der Waals surface area contributed by atoms with Gasteiger partial charge < -0.3 is 10.6 Å². The Morgan fingerprint density at radius 1 is 0.862 bits per heavy atom. The third-order valence-corrected chi connectivity index (χ3v) is 5.54. The van der Waals surface area contributed by atoms with Gasteiger partial charge in [0.25, 0.3) is 0 Å². The van der Waals surface area contributed by atoms with Crippen LogP contribution in [0.4, 0.5) is 11.4 Å². The predicted octanol–water partition coefficient (Wildman–Crippen LogP) is 5.30. The molecule has 0 aliphatic carbocycles. The number of hydrogen-bond acceptors (Lipinski definition) is 3. The SMILES string of the molecule is Cc1ccccc1NC(=O)C(C)Sc1ccc(NC(=O)Cc2ccccc2)cc1. The van der Waals surface area contributed by atoms with Gasteiger partial charge in [0.05, 0.1) is 11.7 Å². The van der Waals surface area contributed by atoms with Crippen LogP contribution in [0.25, 0.3) is 0 Å². The molecule has 2 amide bonds. The van der Waals surface area contributed by atoms with E-state index < -0.39 is 0 Å². The zero-order valence-electron chi connectivity index (χ0n) is 16.5. The Hall–Kier alpha value is -3.05. The van der Waals surface area contributed by atoms with Crippen LogP contribution in [0.3, 0.4) is 0 Å². The van der Waals surface area contributed by atoms with Gasteiger partial charge >= 0.3 is 0 Å². The average molecular weight is 405 g/mol. The number of rotatable bonds is 7. The minimum absolute atomic E-state index is 0.0375. The van der Waals surface area contributed by atoms with Crippen molar-refractivity contribution < 1.29 is 9.59 Å². The number of benzene rings is 3. The van der Waals surface area contributed by atoms with Crippen LogP contribution in [-0.2, 0) is 16.0 Å². The van der Waals surface area contributed by atoms with Gasteiger partial charge in [-0.3, -0.25) is 9.59 Å². The lowest BCUT2D eigenvalue weighted by molar-refractivity contribution is -0.116. The first-order chi connectivity index (χ1) is 14.0. The van der Waals surface area contributed by atoms with Gasteiger partial charge in [0.2, 0.25) is 11.8 Å². The van der Waals surface area contributed by atoms with E-state index in [1.807, 2.05) is 92.7 Å². The minimum atomic E-state index is -0.242. The molecule has 0 saturated carbocycles. The Kier molecular flexibility index (Phi) is 7.09. The summed E-state index contributed by atoms with van der Waals surface area (Å²) < 4.78 is 0. The second-order valence-electron chi connectivity index (χ2n) is 6.80. The van der Waals surface area contributed by atoms with Crippen molar-refractivity contribution in [3.05, 3.63) is 90.0 Å². The lowest BCUT2D eigenvalue weighted by atomic mass is 10.1. The fourth-order valence-corrected chi connectivity index (χ4v) is 3.68. The highest BCUT2D eigenvalue weighted by Gasteiger charge is 2.15. The van der Waals surface area contributed by atoms with Crippen LogP contribution in [0.2, 0.25) is 0 Å². The Morgan fingerprint density at radius 2 is 1.52 bits per heavy atom. The predicted molar refractivity (Wildman–Crippen MR) is 120 cm³/mol. The van der Waals surface area contributed by atoms with Crippen molar-refractivity contribution in [3.63, 3.8) is 0 Å². The molecule has 2 N–H and O–H groups in total. The van der Waals surface area contributed by atoms with Gasteiger partial charge in [0.1, 0.15) is 0 Å². The topological polar surface area (TPSA) is 58.2 Å². The Morgan fingerprint density at radius 3 is 2.21 bits per heavy atom. The largest absolute Gasteiger partial charge is 0.326 e. The standard InChI is InChI=1S/C24H24N2O2S/c1-17-8-6-7-11-22(17)26-24(28)18(2)29-21-14-12-20(13-15-21)25-23(27)16-19-9-4-3-5-10-19/h3-15,18H,16H2,1-2H3,(H,25,27)(H,26,28). The summed E-state index contributed by atoms with van der Waals surface area (Å²) in [5.74, 6) is -0.0906. The zero-order chi connectivity index (χ0) is 20.6. The van der Waals surface area contributed by atoms with Gasteiger partial charge in [-0.15, -0.1) is 11.8 Å². The fourth-order valence-electron chi connectivity index (χ4n) is 2.81. The molecule has 29 heavy (non-hydrogen) atoms. The molecule has 0 aliphatic heterocycles. The monoisotopic (exact) mass is 404 g/mol. The summed E-state index contributed by atoms with van der Waals surface area (Å²) in [4.78, 5) is 25.6. The normalized spacial score (nSPS) is 11.5. The number of thioether (sulfide) groups is 1. The maximum atomic E-state index is 12.5. The average Bonchev–Trinajstić information content (AvgIpc) is 2.72. The number of anilines is 2. The molecular weight excluding hydrogens is 380 g/mol. The molecule has 1 atom stereocenters. The first-order valence-electron chi connectivity index (χ1n) is 9.48. The molecule has 0 heterocycles. The van der Waals surface area contributed by atoms with Crippen molar-refractivity contribution in [2.45, 2.75) is 30.4 Å². The van der Waals surface area contributed by atoms with E-state index in [4.69, 9.17) is 0 Å². The number of nitrogens with one attached hydrogen (secondary N) is 2. The molecule has 5 heteroatoms. The van der Waals surface area contributed by atoms with Gasteiger partial charge in [-0.25, -0.2) is 0 Å². The van der Waals surface area contributed by atoms with E-state index in [1.165, 1.54) is 11.8 Å². The number of amides is 2. The van der Waals surface area contributed by atoms with Crippen LogP contribution in [0.5, 0.6) is 0 Å². The van der Waals surface area contributed by atoms with E-state index in [0.717, 1.165) is 27.4 Å². The lowest BCUT2D eigenvalue weighted by Gasteiger charge is -2.14. The minimum Gasteiger partial charge on any atom is -0.326 e. The molecule has 0 fully saturated rings. The molecule has 1 unspecified atom stereocenters. The summed E-state index contributed by atoms with van der Waals surface area (Å²) in [6.07, 6.45) is 0.341. The van der Waals surface area contributed by atoms with E-state index in [0.29, 0.717) is 6.42 Å². The quantitative estimate of drug-likeness (QED) is 0.526. The third-order valence-electron chi connectivity index (χ3n) is 4.43. The summed E-state index contributed by atoms with van der Waals surface area (Å²) in [5.41, 5.74) is 3.59. The second kappa shape index (κ2) is 9.94. The van der Waals surface area contributed by atoms with Crippen molar-refractivity contribution >= 4 is 35.0 Å². The molecule has 3 aromatic carbocycles. The van der Waals surface area contributed by atoms with Crippen LogP contribution in [-0.4, -0.2) is 17.1 Å². The van der Waals surface area contributed by atoms with E-state index >= 15 is 0 Å². The van der Waals surface area contributed by atoms with Crippen molar-refractivity contribution in [3.8, 4) is 0 Å². The van der Waals surface area contributed by atoms with Crippen molar-refractivity contribution in [2.24, 2.45) is 0 Å². The van der Waals surface area contributed by atoms with Crippen LogP contribution in [0.1, 0.15) is 18.1 Å². The van der Waals surface area contributed by atoms with E-state index in [-0.39, 0.29) is 17.1 Å². The highest BCUT2D eigenvalue weighted by Crippen LogP contribution is 2.26. The van der Waals surface area contributed by atoms with E-state index in [1.54, 1.807) is 0 Å². The highest BCUT2D eigenvalue weighted by atomic mass is 32.2. The second-order valence-corrected chi connectivity index (χ2v) is 8.21. The van der Waals surface area contributed by atoms with E-state index in [2.05, 4.69) is 10.6 Å². The molecule has 0 aromatic heterocycles. The summed E-state index contributed by atoms with van der Waals surface area (Å²) in [6, 6.07) is 24.9. The summed E-state index contributed by atoms with van der Waals surface area (Å²) in [7, 11) is 0. The first-order valence-corrected chi connectivity index (χ1v) is 10.4. The van der Waals surface area contributed by atoms with Gasteiger partial charge in [-0.1, -0.05) is 48.5 Å². The van der Waals surface area contributed by atoms with Gasteiger partial charge in [-0.2, -0.15) is 0 Å². The van der Waals surface area contributed by atoms with Crippen LogP contribution < -0.4 is 10.6 Å². The number of carbonyl (C=O) groups excluding carboxylic acids is 2. The molecule has 0 bridgehead atoms. The third kappa shape index (κ3) is 6.22. The molecule has 0 radical (unpaired) electrons. The number of carbonyl (C=O) groups is 2. The Labute approximate surface area is 175 Å². The molecule has 3 rings (SSSR count). The van der Waals surface area contributed by atoms with Gasteiger partial charge in [0, 0.05) is 16.3 Å². The van der Waals surface area contributed by atoms with Gasteiger partial charge in [0.15, 0.2) is 0 Å². The molecule has 0 saturated heterocycles. The van der Waals surface area contributed by atoms with Crippen molar-refractivity contribution in [1.29, 1.82) is 0 Å². The lowest BCUT2D eigenvalue weighted by Crippen LogP contribution is -2.22. The molecule has 3 aromatic rings. The van der Waals surface area contributed by atoms with Crippen molar-refractivity contribution in [1.82, 2.24) is 0 Å². The molecular formula is C24H24N2O2S. The molecule has 0 spiro atoms.